The molecule has 1 unspecified atom stereocenters. The molecule has 0 amide bonds. The molecular formula is C17H21N5S2. The molecule has 126 valence electrons. The van der Waals surface area contributed by atoms with Crippen LogP contribution in [-0.2, 0) is 6.42 Å². The summed E-state index contributed by atoms with van der Waals surface area (Å²) >= 11 is 3.56. The highest BCUT2D eigenvalue weighted by Gasteiger charge is 2.39. The fourth-order valence-corrected chi connectivity index (χ4v) is 5.42. The molecular weight excluding hydrogens is 338 g/mol. The summed E-state index contributed by atoms with van der Waals surface area (Å²) in [6.07, 6.45) is 0.885. The summed E-state index contributed by atoms with van der Waals surface area (Å²) in [6.45, 7) is 8.59. The Morgan fingerprint density at radius 2 is 1.83 bits per heavy atom. The molecule has 2 aliphatic heterocycles. The van der Waals surface area contributed by atoms with Gasteiger partial charge in [-0.1, -0.05) is 30.8 Å². The minimum atomic E-state index is 0.251. The third kappa shape index (κ3) is 2.41. The van der Waals surface area contributed by atoms with Crippen LogP contribution in [0.1, 0.15) is 37.5 Å². The molecule has 5 nitrogen and oxygen atoms in total. The maximum absolute atomic E-state index is 4.32. The second-order valence-electron chi connectivity index (χ2n) is 5.72. The van der Waals surface area contributed by atoms with Crippen molar-refractivity contribution in [3.8, 4) is 0 Å². The first-order chi connectivity index (χ1) is 11.8. The van der Waals surface area contributed by atoms with Crippen LogP contribution in [0.5, 0.6) is 0 Å². The minimum Gasteiger partial charge on any atom is -0.372 e. The highest BCUT2D eigenvalue weighted by Crippen LogP contribution is 2.51. The molecule has 24 heavy (non-hydrogen) atoms. The van der Waals surface area contributed by atoms with Crippen molar-refractivity contribution >= 4 is 29.2 Å². The van der Waals surface area contributed by atoms with Crippen molar-refractivity contribution in [3.05, 3.63) is 46.1 Å². The van der Waals surface area contributed by atoms with Gasteiger partial charge in [0.25, 0.3) is 0 Å². The molecule has 0 aliphatic carbocycles. The Hall–Kier alpha value is -1.60. The minimum absolute atomic E-state index is 0.251. The Bertz CT molecular complexity index is 764. The van der Waals surface area contributed by atoms with Gasteiger partial charge in [0.15, 0.2) is 5.82 Å². The molecule has 1 aromatic heterocycles. The van der Waals surface area contributed by atoms with E-state index in [1.165, 1.54) is 16.3 Å². The molecule has 2 aromatic rings. The van der Waals surface area contributed by atoms with E-state index in [0.29, 0.717) is 0 Å². The molecule has 0 N–H and O–H groups in total. The number of hydrogen-bond donors (Lipinski definition) is 0. The lowest BCUT2D eigenvalue weighted by Gasteiger charge is -2.26. The maximum Gasteiger partial charge on any atom is 0.216 e. The van der Waals surface area contributed by atoms with E-state index in [2.05, 4.69) is 75.2 Å². The van der Waals surface area contributed by atoms with Crippen LogP contribution in [-0.4, -0.2) is 28.0 Å². The Morgan fingerprint density at radius 3 is 2.50 bits per heavy atom. The standard InChI is InChI=1S/C17H21N5S2/c1-4-14-18-19-17-21(14)22-15(24-17)11-23-16(22)12-7-9-13(10-8-12)20(5-2)6-3/h7-11,16H,4-6H2,1-3H3. The third-order valence-electron chi connectivity index (χ3n) is 4.46. The number of anilines is 1. The van der Waals surface area contributed by atoms with Gasteiger partial charge in [0.05, 0.1) is 0 Å². The van der Waals surface area contributed by atoms with Crippen LogP contribution in [0.2, 0.25) is 0 Å². The normalized spacial score (nSPS) is 18.5. The van der Waals surface area contributed by atoms with Crippen LogP contribution >= 0.6 is 23.5 Å². The zero-order valence-corrected chi connectivity index (χ0v) is 15.8. The molecule has 1 aromatic carbocycles. The number of rotatable bonds is 5. The van der Waals surface area contributed by atoms with Crippen molar-refractivity contribution in [3.63, 3.8) is 0 Å². The molecule has 3 heterocycles. The number of aryl methyl sites for hydroxylation is 1. The second kappa shape index (κ2) is 6.37. The van der Waals surface area contributed by atoms with Crippen molar-refractivity contribution in [2.45, 2.75) is 37.7 Å². The largest absolute Gasteiger partial charge is 0.372 e. The van der Waals surface area contributed by atoms with Crippen LogP contribution in [0, 0.1) is 0 Å². The molecule has 2 aliphatic rings. The molecule has 0 fully saturated rings. The van der Waals surface area contributed by atoms with Gasteiger partial charge >= 0.3 is 0 Å². The zero-order chi connectivity index (χ0) is 16.7. The number of benzene rings is 1. The lowest BCUT2D eigenvalue weighted by molar-refractivity contribution is 0.606. The molecule has 7 heteroatoms. The van der Waals surface area contributed by atoms with Crippen molar-refractivity contribution in [2.24, 2.45) is 0 Å². The summed E-state index contributed by atoms with van der Waals surface area (Å²) in [6, 6.07) is 8.97. The average molecular weight is 360 g/mol. The SMILES string of the molecule is CCc1nnc2n1N1C(=CSC1c1ccc(N(CC)CC)cc1)S2. The third-order valence-corrected chi connectivity index (χ3v) is 6.65. The van der Waals surface area contributed by atoms with Crippen LogP contribution in [0.25, 0.3) is 0 Å². The Balaban J connectivity index is 1.64. The van der Waals surface area contributed by atoms with E-state index in [-0.39, 0.29) is 5.37 Å². The van der Waals surface area contributed by atoms with Gasteiger partial charge in [-0.25, -0.2) is 4.68 Å². The summed E-state index contributed by atoms with van der Waals surface area (Å²) in [4.78, 5) is 2.37. The van der Waals surface area contributed by atoms with Gasteiger partial charge in [-0.05, 0) is 43.3 Å². The van der Waals surface area contributed by atoms with E-state index in [4.69, 9.17) is 0 Å². The second-order valence-corrected chi connectivity index (χ2v) is 7.66. The van der Waals surface area contributed by atoms with Crippen molar-refractivity contribution in [1.82, 2.24) is 14.9 Å². The van der Waals surface area contributed by atoms with Gasteiger partial charge in [0.2, 0.25) is 5.16 Å². The average Bonchev–Trinajstić information content (AvgIpc) is 3.27. The lowest BCUT2D eigenvalue weighted by atomic mass is 10.2. The summed E-state index contributed by atoms with van der Waals surface area (Å²) in [5.74, 6) is 1.02. The number of nitrogens with zero attached hydrogens (tertiary/aromatic N) is 5. The van der Waals surface area contributed by atoms with Crippen LogP contribution in [0.3, 0.4) is 0 Å². The first kappa shape index (κ1) is 15.9. The zero-order valence-electron chi connectivity index (χ0n) is 14.1. The van der Waals surface area contributed by atoms with Gasteiger partial charge < -0.3 is 4.90 Å². The van der Waals surface area contributed by atoms with Gasteiger partial charge in [-0.2, -0.15) is 0 Å². The highest BCUT2D eigenvalue weighted by atomic mass is 32.2. The fraction of sp³-hybridized carbons (Fsp3) is 0.412. The smallest absolute Gasteiger partial charge is 0.216 e. The van der Waals surface area contributed by atoms with E-state index >= 15 is 0 Å². The molecule has 0 saturated heterocycles. The topological polar surface area (TPSA) is 37.2 Å². The molecule has 0 spiro atoms. The number of hydrogen-bond acceptors (Lipinski definition) is 6. The predicted molar refractivity (Wildman–Crippen MR) is 102 cm³/mol. The number of thioether (sulfide) groups is 2. The first-order valence-electron chi connectivity index (χ1n) is 8.39. The van der Waals surface area contributed by atoms with Crippen LogP contribution in [0.4, 0.5) is 5.69 Å². The van der Waals surface area contributed by atoms with Crippen molar-refractivity contribution in [2.75, 3.05) is 23.0 Å². The Labute approximate surface area is 151 Å². The van der Waals surface area contributed by atoms with E-state index in [9.17, 15) is 0 Å². The van der Waals surface area contributed by atoms with Crippen molar-refractivity contribution in [1.29, 1.82) is 0 Å². The monoisotopic (exact) mass is 359 g/mol. The quantitative estimate of drug-likeness (QED) is 0.804. The summed E-state index contributed by atoms with van der Waals surface area (Å²) in [5.41, 5.74) is 2.60. The fourth-order valence-electron chi connectivity index (χ4n) is 3.17. The highest BCUT2D eigenvalue weighted by molar-refractivity contribution is 8.07. The molecule has 0 saturated carbocycles. The van der Waals surface area contributed by atoms with Gasteiger partial charge in [-0.15, -0.1) is 10.2 Å². The van der Waals surface area contributed by atoms with E-state index in [1.807, 2.05) is 11.8 Å². The molecule has 0 bridgehead atoms. The van der Waals surface area contributed by atoms with E-state index in [1.54, 1.807) is 11.8 Å². The summed E-state index contributed by atoms with van der Waals surface area (Å²) < 4.78 is 2.18. The number of fused-ring (bicyclic) bond motifs is 3. The van der Waals surface area contributed by atoms with Crippen LogP contribution < -0.4 is 9.91 Å². The van der Waals surface area contributed by atoms with E-state index < -0.39 is 0 Å². The number of aromatic nitrogens is 3. The van der Waals surface area contributed by atoms with Gasteiger partial charge in [0.1, 0.15) is 10.4 Å². The molecule has 4 rings (SSSR count). The van der Waals surface area contributed by atoms with Gasteiger partial charge in [-0.3, -0.25) is 5.01 Å². The van der Waals surface area contributed by atoms with Crippen molar-refractivity contribution < 1.29 is 0 Å². The van der Waals surface area contributed by atoms with Gasteiger partial charge in [0, 0.05) is 30.6 Å². The predicted octanol–water partition coefficient (Wildman–Crippen LogP) is 3.97. The lowest BCUT2D eigenvalue weighted by Crippen LogP contribution is -2.30. The molecule has 1 atom stereocenters. The molecule has 0 radical (unpaired) electrons. The summed E-state index contributed by atoms with van der Waals surface area (Å²) in [7, 11) is 0. The Kier molecular flexibility index (Phi) is 4.22. The maximum atomic E-state index is 4.32. The van der Waals surface area contributed by atoms with Crippen LogP contribution in [0.15, 0.2) is 39.9 Å². The van der Waals surface area contributed by atoms with E-state index in [0.717, 1.165) is 30.5 Å². The Morgan fingerprint density at radius 1 is 1.08 bits per heavy atom. The summed E-state index contributed by atoms with van der Waals surface area (Å²) in [5, 5.41) is 15.7. The first-order valence-corrected chi connectivity index (χ1v) is 10.1.